The Morgan fingerprint density at radius 1 is 0.633 bits per heavy atom. The molecule has 1 N–H and O–H groups in total. The van der Waals surface area contributed by atoms with Gasteiger partial charge in [0.15, 0.2) is 0 Å². The van der Waals surface area contributed by atoms with E-state index in [0.29, 0.717) is 6.42 Å². The third-order valence-corrected chi connectivity index (χ3v) is 6.39. The first-order valence-electron chi connectivity index (χ1n) is 12.7. The van der Waals surface area contributed by atoms with Gasteiger partial charge in [0.2, 0.25) is 5.91 Å². The van der Waals surface area contributed by atoms with Gasteiger partial charge in [-0.15, -0.1) is 0 Å². The fourth-order valence-electron chi connectivity index (χ4n) is 3.77. The molecule has 0 aliphatic rings. The zero-order valence-electron chi connectivity index (χ0n) is 19.6. The first-order chi connectivity index (χ1) is 14.5. The van der Waals surface area contributed by atoms with Gasteiger partial charge in [0.05, 0.1) is 15.9 Å². The van der Waals surface area contributed by atoms with Crippen molar-refractivity contribution >= 4 is 16.0 Å². The number of carbonyl (C=O) groups is 1. The Hall–Kier alpha value is -0.620. The second-order valence-corrected chi connectivity index (χ2v) is 10.2. The first kappa shape index (κ1) is 29.4. The van der Waals surface area contributed by atoms with E-state index in [4.69, 9.17) is 0 Å². The minimum absolute atomic E-state index is 0.0796. The van der Waals surface area contributed by atoms with Crippen LogP contribution in [0.5, 0.6) is 0 Å². The van der Waals surface area contributed by atoms with Crippen molar-refractivity contribution in [3.63, 3.8) is 0 Å². The van der Waals surface area contributed by atoms with Gasteiger partial charge in [-0.05, 0) is 6.42 Å². The van der Waals surface area contributed by atoms with E-state index < -0.39 is 15.9 Å². The number of amides is 1. The summed E-state index contributed by atoms with van der Waals surface area (Å²) in [7, 11) is -4.24. The van der Waals surface area contributed by atoms with Gasteiger partial charge in [0, 0.05) is 13.0 Å². The molecule has 0 heterocycles. The summed E-state index contributed by atoms with van der Waals surface area (Å²) in [5.74, 6) is -0.691. The molecule has 6 heteroatoms. The predicted molar refractivity (Wildman–Crippen MR) is 126 cm³/mol. The quantitative estimate of drug-likeness (QED) is 0.144. The van der Waals surface area contributed by atoms with E-state index in [9.17, 15) is 17.8 Å². The van der Waals surface area contributed by atoms with Gasteiger partial charge in [0.1, 0.15) is 0 Å². The van der Waals surface area contributed by atoms with E-state index in [0.717, 1.165) is 19.3 Å². The molecule has 0 bridgehead atoms. The van der Waals surface area contributed by atoms with Crippen molar-refractivity contribution in [2.45, 2.75) is 135 Å². The van der Waals surface area contributed by atoms with Gasteiger partial charge < -0.3 is 9.87 Å². The van der Waals surface area contributed by atoms with Gasteiger partial charge in [-0.1, -0.05) is 122 Å². The summed E-state index contributed by atoms with van der Waals surface area (Å²) in [6.45, 7) is 2.19. The van der Waals surface area contributed by atoms with Gasteiger partial charge in [0.25, 0.3) is 0 Å². The molecule has 0 aromatic heterocycles. The number of carbonyl (C=O) groups excluding carboxylic acids is 1. The van der Waals surface area contributed by atoms with Gasteiger partial charge in [-0.25, -0.2) is 8.42 Å². The van der Waals surface area contributed by atoms with E-state index in [1.54, 1.807) is 0 Å². The van der Waals surface area contributed by atoms with Gasteiger partial charge in [-0.3, -0.25) is 4.79 Å². The number of nitrogens with one attached hydrogen (secondary N) is 1. The van der Waals surface area contributed by atoms with E-state index >= 15 is 0 Å². The van der Waals surface area contributed by atoms with Crippen LogP contribution in [0, 0.1) is 0 Å². The molecule has 0 aromatic rings. The number of hydrogen-bond donors (Lipinski definition) is 1. The van der Waals surface area contributed by atoms with E-state index in [1.165, 1.54) is 103 Å². The maximum atomic E-state index is 11.5. The van der Waals surface area contributed by atoms with Crippen molar-refractivity contribution in [2.75, 3.05) is 12.3 Å². The van der Waals surface area contributed by atoms with Crippen LogP contribution in [0.2, 0.25) is 0 Å². The molecule has 180 valence electrons. The normalized spacial score (nSPS) is 11.7. The van der Waals surface area contributed by atoms with Crippen LogP contribution in [0.15, 0.2) is 0 Å². The lowest BCUT2D eigenvalue weighted by Gasteiger charge is -2.08. The molecule has 0 radical (unpaired) electrons. The third-order valence-electron chi connectivity index (χ3n) is 5.68. The maximum Gasteiger partial charge on any atom is 0.220 e. The van der Waals surface area contributed by atoms with Crippen LogP contribution in [-0.4, -0.2) is 31.2 Å². The Bertz CT molecular complexity index is 480. The van der Waals surface area contributed by atoms with Crippen LogP contribution in [0.1, 0.15) is 135 Å². The van der Waals surface area contributed by atoms with Crippen LogP contribution in [-0.2, 0) is 14.9 Å². The molecular weight excluding hydrogens is 398 g/mol. The van der Waals surface area contributed by atoms with Crippen molar-refractivity contribution in [3.05, 3.63) is 0 Å². The third kappa shape index (κ3) is 25.4. The van der Waals surface area contributed by atoms with Crippen molar-refractivity contribution in [2.24, 2.45) is 0 Å². The van der Waals surface area contributed by atoms with Crippen LogP contribution in [0.25, 0.3) is 0 Å². The highest BCUT2D eigenvalue weighted by Crippen LogP contribution is 2.14. The summed E-state index contributed by atoms with van der Waals surface area (Å²) in [5.41, 5.74) is 0. The number of unbranched alkanes of at least 4 members (excludes halogenated alkanes) is 18. The maximum absolute atomic E-state index is 11.5. The highest BCUT2D eigenvalue weighted by Gasteiger charge is 2.02. The zero-order valence-corrected chi connectivity index (χ0v) is 20.4. The van der Waals surface area contributed by atoms with E-state index in [2.05, 4.69) is 12.2 Å². The minimum atomic E-state index is -4.24. The average molecular weight is 447 g/mol. The molecular formula is C24H48NO4S-. The summed E-state index contributed by atoms with van der Waals surface area (Å²) in [4.78, 5) is 11.5. The molecule has 0 rings (SSSR count). The summed E-state index contributed by atoms with van der Waals surface area (Å²) in [6.07, 6.45) is 25.5. The fourth-order valence-corrected chi connectivity index (χ4v) is 4.12. The molecule has 0 aliphatic carbocycles. The molecule has 0 fully saturated rings. The summed E-state index contributed by atoms with van der Waals surface area (Å²) in [6, 6.07) is 0. The van der Waals surface area contributed by atoms with Gasteiger partial charge in [-0.2, -0.15) is 0 Å². The fraction of sp³-hybridized carbons (Fsp3) is 0.958. The predicted octanol–water partition coefficient (Wildman–Crippen LogP) is 6.47. The van der Waals surface area contributed by atoms with Crippen LogP contribution in [0.4, 0.5) is 0 Å². The Kier molecular flexibility index (Phi) is 21.2. The highest BCUT2D eigenvalue weighted by molar-refractivity contribution is 7.85. The molecule has 0 atom stereocenters. The molecule has 30 heavy (non-hydrogen) atoms. The van der Waals surface area contributed by atoms with Gasteiger partial charge >= 0.3 is 0 Å². The summed E-state index contributed by atoms with van der Waals surface area (Å²) in [5, 5.41) is 2.48. The van der Waals surface area contributed by atoms with Crippen molar-refractivity contribution < 1.29 is 17.8 Å². The highest BCUT2D eigenvalue weighted by atomic mass is 32.2. The monoisotopic (exact) mass is 446 g/mol. The van der Waals surface area contributed by atoms with Crippen molar-refractivity contribution in [3.8, 4) is 0 Å². The molecule has 0 unspecified atom stereocenters. The van der Waals surface area contributed by atoms with Crippen LogP contribution >= 0.6 is 0 Å². The van der Waals surface area contributed by atoms with Crippen LogP contribution < -0.4 is 5.32 Å². The lowest BCUT2D eigenvalue weighted by Crippen LogP contribution is -2.28. The van der Waals surface area contributed by atoms with E-state index in [1.807, 2.05) is 0 Å². The molecule has 5 nitrogen and oxygen atoms in total. The standard InChI is InChI=1S/C24H49NO4S/c1-2-3-4-5-6-7-8-9-10-11-12-13-14-15-16-17-18-19-20-21-24(26)25-22-23-30(27,28)29/h2-23H2,1H3,(H,25,26)(H,27,28,29)/p-1. The minimum Gasteiger partial charge on any atom is -0.748 e. The van der Waals surface area contributed by atoms with E-state index in [-0.39, 0.29) is 12.5 Å². The average Bonchev–Trinajstić information content (AvgIpc) is 2.68. The molecule has 0 saturated carbocycles. The Labute approximate surface area is 186 Å². The molecule has 0 aromatic carbocycles. The van der Waals surface area contributed by atoms with Crippen molar-refractivity contribution in [1.29, 1.82) is 0 Å². The molecule has 0 saturated heterocycles. The lowest BCUT2D eigenvalue weighted by atomic mass is 10.0. The second kappa shape index (κ2) is 21.6. The lowest BCUT2D eigenvalue weighted by molar-refractivity contribution is -0.121. The molecule has 0 spiro atoms. The smallest absolute Gasteiger partial charge is 0.220 e. The zero-order chi connectivity index (χ0) is 22.3. The summed E-state index contributed by atoms with van der Waals surface area (Å²) >= 11 is 0. The Morgan fingerprint density at radius 2 is 0.967 bits per heavy atom. The summed E-state index contributed by atoms with van der Waals surface area (Å²) < 4.78 is 31.3. The number of rotatable bonds is 23. The largest absolute Gasteiger partial charge is 0.748 e. The topological polar surface area (TPSA) is 86.3 Å². The Morgan fingerprint density at radius 3 is 1.30 bits per heavy atom. The SMILES string of the molecule is CCCCCCCCCCCCCCCCCCCCCC(=O)NCCS(=O)(=O)[O-]. The first-order valence-corrected chi connectivity index (χ1v) is 14.2. The van der Waals surface area contributed by atoms with Crippen LogP contribution in [0.3, 0.4) is 0 Å². The molecule has 0 aliphatic heterocycles. The molecule has 1 amide bonds. The van der Waals surface area contributed by atoms with Crippen molar-refractivity contribution in [1.82, 2.24) is 5.32 Å². The number of hydrogen-bond acceptors (Lipinski definition) is 4. The Balaban J connectivity index is 3.15. The second-order valence-electron chi connectivity index (χ2n) is 8.73.